The summed E-state index contributed by atoms with van der Waals surface area (Å²) in [6, 6.07) is 9.58. The van der Waals surface area contributed by atoms with Gasteiger partial charge < -0.3 is 10.2 Å². The molecule has 0 aliphatic carbocycles. The number of anilines is 1. The zero-order chi connectivity index (χ0) is 17.6. The Hall–Kier alpha value is -1.88. The van der Waals surface area contributed by atoms with Crippen LogP contribution in [0.2, 0.25) is 0 Å². The normalized spacial score (nSPS) is 24.8. The smallest absolute Gasteiger partial charge is 0.236 e. The average Bonchev–Trinajstić information content (AvgIpc) is 2.63. The average molecular weight is 343 g/mol. The van der Waals surface area contributed by atoms with Crippen LogP contribution in [0.3, 0.4) is 0 Å². The van der Waals surface area contributed by atoms with E-state index in [1.54, 1.807) is 0 Å². The number of benzene rings is 1. The van der Waals surface area contributed by atoms with E-state index in [1.165, 1.54) is 6.42 Å². The van der Waals surface area contributed by atoms with Gasteiger partial charge in [-0.2, -0.15) is 0 Å². The Morgan fingerprint density at radius 2 is 1.84 bits per heavy atom. The van der Waals surface area contributed by atoms with Gasteiger partial charge in [-0.15, -0.1) is 0 Å². The fourth-order valence-electron chi connectivity index (χ4n) is 3.89. The van der Waals surface area contributed by atoms with E-state index in [-0.39, 0.29) is 17.7 Å². The van der Waals surface area contributed by atoms with Crippen molar-refractivity contribution >= 4 is 17.5 Å². The van der Waals surface area contributed by atoms with Crippen molar-refractivity contribution in [3.63, 3.8) is 0 Å². The molecule has 0 aromatic heterocycles. The van der Waals surface area contributed by atoms with E-state index >= 15 is 0 Å². The highest BCUT2D eigenvalue weighted by molar-refractivity contribution is 5.92. The number of likely N-dealkylation sites (tertiary alicyclic amines) is 2. The number of para-hydroxylation sites is 1. The van der Waals surface area contributed by atoms with E-state index in [1.807, 2.05) is 35.2 Å². The van der Waals surface area contributed by atoms with Crippen LogP contribution >= 0.6 is 0 Å². The van der Waals surface area contributed by atoms with E-state index in [2.05, 4.69) is 17.1 Å². The number of rotatable bonds is 4. The monoisotopic (exact) mass is 343 g/mol. The Bertz CT molecular complexity index is 590. The van der Waals surface area contributed by atoms with Gasteiger partial charge in [0.25, 0.3) is 0 Å². The summed E-state index contributed by atoms with van der Waals surface area (Å²) >= 11 is 0. The fraction of sp³-hybridized carbons (Fsp3) is 0.600. The van der Waals surface area contributed by atoms with Gasteiger partial charge in [0.05, 0.1) is 12.5 Å². The molecular weight excluding hydrogens is 314 g/mol. The van der Waals surface area contributed by atoms with Crippen LogP contribution in [0.15, 0.2) is 30.3 Å². The lowest BCUT2D eigenvalue weighted by Gasteiger charge is -2.35. The second kappa shape index (κ2) is 8.48. The standard InChI is InChI=1S/C20H29N3O2/c1-16-7-5-12-23(13-16)19(24)15-22-11-6-8-17(14-22)20(25)21-18-9-3-2-4-10-18/h2-4,9-10,16-17H,5-8,11-15H2,1H3,(H,21,25). The number of carbonyl (C=O) groups is 2. The Kier molecular flexibility index (Phi) is 6.08. The topological polar surface area (TPSA) is 52.7 Å². The summed E-state index contributed by atoms with van der Waals surface area (Å²) in [7, 11) is 0. The van der Waals surface area contributed by atoms with E-state index < -0.39 is 0 Å². The molecule has 2 atom stereocenters. The minimum absolute atomic E-state index is 0.0398. The SMILES string of the molecule is CC1CCCN(C(=O)CN2CCCC(C(=O)Nc3ccccc3)C2)C1. The molecule has 2 aliphatic heterocycles. The van der Waals surface area contributed by atoms with Crippen molar-refractivity contribution in [2.45, 2.75) is 32.6 Å². The predicted molar refractivity (Wildman–Crippen MR) is 99.2 cm³/mol. The van der Waals surface area contributed by atoms with E-state index in [0.717, 1.165) is 44.6 Å². The second-order valence-electron chi connectivity index (χ2n) is 7.52. The summed E-state index contributed by atoms with van der Waals surface area (Å²) in [5.74, 6) is 0.844. The number of hydrogen-bond donors (Lipinski definition) is 1. The minimum Gasteiger partial charge on any atom is -0.341 e. The van der Waals surface area contributed by atoms with Crippen LogP contribution in [0.1, 0.15) is 32.6 Å². The van der Waals surface area contributed by atoms with Crippen molar-refractivity contribution in [1.29, 1.82) is 0 Å². The molecule has 0 bridgehead atoms. The van der Waals surface area contributed by atoms with Crippen LogP contribution in [-0.4, -0.2) is 54.3 Å². The molecule has 2 amide bonds. The third-order valence-corrected chi connectivity index (χ3v) is 5.29. The summed E-state index contributed by atoms with van der Waals surface area (Å²) in [4.78, 5) is 29.2. The molecule has 0 radical (unpaired) electrons. The number of piperidine rings is 2. The quantitative estimate of drug-likeness (QED) is 0.914. The summed E-state index contributed by atoms with van der Waals surface area (Å²) in [5, 5.41) is 2.99. The molecule has 2 aliphatic rings. The maximum absolute atomic E-state index is 12.6. The summed E-state index contributed by atoms with van der Waals surface area (Å²) in [6.45, 7) is 6.00. The largest absolute Gasteiger partial charge is 0.341 e. The van der Waals surface area contributed by atoms with Gasteiger partial charge in [0.2, 0.25) is 11.8 Å². The van der Waals surface area contributed by atoms with Crippen LogP contribution < -0.4 is 5.32 Å². The molecule has 1 N–H and O–H groups in total. The van der Waals surface area contributed by atoms with Crippen molar-refractivity contribution in [1.82, 2.24) is 9.80 Å². The molecule has 5 heteroatoms. The van der Waals surface area contributed by atoms with Gasteiger partial charge in [-0.05, 0) is 50.3 Å². The first kappa shape index (κ1) is 17.9. The number of nitrogens with zero attached hydrogens (tertiary/aromatic N) is 2. The molecule has 1 aromatic rings. The molecule has 0 spiro atoms. The van der Waals surface area contributed by atoms with Gasteiger partial charge in [-0.3, -0.25) is 14.5 Å². The zero-order valence-corrected chi connectivity index (χ0v) is 15.1. The third kappa shape index (κ3) is 5.05. The molecule has 3 rings (SSSR count). The molecule has 2 saturated heterocycles. The van der Waals surface area contributed by atoms with Gasteiger partial charge in [0.1, 0.15) is 0 Å². The van der Waals surface area contributed by atoms with E-state index in [0.29, 0.717) is 19.0 Å². The Morgan fingerprint density at radius 1 is 1.08 bits per heavy atom. The molecule has 136 valence electrons. The van der Waals surface area contributed by atoms with Crippen molar-refractivity contribution in [3.05, 3.63) is 30.3 Å². The van der Waals surface area contributed by atoms with Crippen molar-refractivity contribution in [2.24, 2.45) is 11.8 Å². The molecule has 2 heterocycles. The molecule has 5 nitrogen and oxygen atoms in total. The van der Waals surface area contributed by atoms with Crippen LogP contribution in [0.5, 0.6) is 0 Å². The molecule has 2 fully saturated rings. The molecule has 0 saturated carbocycles. The van der Waals surface area contributed by atoms with E-state index in [4.69, 9.17) is 0 Å². The van der Waals surface area contributed by atoms with E-state index in [9.17, 15) is 9.59 Å². The molecular formula is C20H29N3O2. The summed E-state index contributed by atoms with van der Waals surface area (Å²) in [5.41, 5.74) is 0.836. The van der Waals surface area contributed by atoms with Crippen molar-refractivity contribution < 1.29 is 9.59 Å². The second-order valence-corrected chi connectivity index (χ2v) is 7.52. The number of carbonyl (C=O) groups excluding carboxylic acids is 2. The van der Waals surface area contributed by atoms with Gasteiger partial charge in [0, 0.05) is 25.3 Å². The molecule has 2 unspecified atom stereocenters. The maximum Gasteiger partial charge on any atom is 0.236 e. The predicted octanol–water partition coefficient (Wildman–Crippen LogP) is 2.60. The van der Waals surface area contributed by atoms with Crippen molar-refractivity contribution in [3.8, 4) is 0 Å². The van der Waals surface area contributed by atoms with Crippen LogP contribution in [0.25, 0.3) is 0 Å². The molecule has 25 heavy (non-hydrogen) atoms. The number of nitrogens with one attached hydrogen (secondary N) is 1. The first-order valence-electron chi connectivity index (χ1n) is 9.48. The van der Waals surface area contributed by atoms with Gasteiger partial charge >= 0.3 is 0 Å². The summed E-state index contributed by atoms with van der Waals surface area (Å²) in [6.07, 6.45) is 4.19. The lowest BCUT2D eigenvalue weighted by molar-refractivity contribution is -0.135. The van der Waals surface area contributed by atoms with Crippen LogP contribution in [0.4, 0.5) is 5.69 Å². The minimum atomic E-state index is -0.0398. The molecule has 1 aromatic carbocycles. The Morgan fingerprint density at radius 3 is 2.60 bits per heavy atom. The van der Waals surface area contributed by atoms with Crippen LogP contribution in [0, 0.1) is 11.8 Å². The van der Waals surface area contributed by atoms with Gasteiger partial charge in [-0.1, -0.05) is 25.1 Å². The van der Waals surface area contributed by atoms with Gasteiger partial charge in [0.15, 0.2) is 0 Å². The Labute approximate surface area is 150 Å². The Balaban J connectivity index is 1.50. The maximum atomic E-state index is 12.6. The highest BCUT2D eigenvalue weighted by Gasteiger charge is 2.29. The first-order chi connectivity index (χ1) is 12.1. The third-order valence-electron chi connectivity index (χ3n) is 5.29. The van der Waals surface area contributed by atoms with Crippen molar-refractivity contribution in [2.75, 3.05) is 38.0 Å². The fourth-order valence-corrected chi connectivity index (χ4v) is 3.89. The zero-order valence-electron chi connectivity index (χ0n) is 15.1. The number of amides is 2. The summed E-state index contributed by atoms with van der Waals surface area (Å²) < 4.78 is 0. The lowest BCUT2D eigenvalue weighted by atomic mass is 9.96. The lowest BCUT2D eigenvalue weighted by Crippen LogP contribution is -2.48. The highest BCUT2D eigenvalue weighted by Crippen LogP contribution is 2.20. The van der Waals surface area contributed by atoms with Crippen LogP contribution in [-0.2, 0) is 9.59 Å². The van der Waals surface area contributed by atoms with Gasteiger partial charge in [-0.25, -0.2) is 0 Å². The number of hydrogen-bond acceptors (Lipinski definition) is 3. The first-order valence-corrected chi connectivity index (χ1v) is 9.48. The highest BCUT2D eigenvalue weighted by atomic mass is 16.2.